The third-order valence-corrected chi connectivity index (χ3v) is 15.5. The van der Waals surface area contributed by atoms with Crippen molar-refractivity contribution < 1.29 is 28.6 Å². The monoisotopic (exact) mass is 1050 g/mol. The smallest absolute Gasteiger partial charge is 0.306 e. The first-order chi connectivity index (χ1) is 37.0. The lowest BCUT2D eigenvalue weighted by atomic mass is 10.0. The fourth-order valence-electron chi connectivity index (χ4n) is 10.4. The van der Waals surface area contributed by atoms with Crippen molar-refractivity contribution in [1.29, 1.82) is 0 Å². The quantitative estimate of drug-likeness (QED) is 0.0261. The molecule has 0 spiro atoms. The van der Waals surface area contributed by atoms with Gasteiger partial charge in [0.1, 0.15) is 13.2 Å². The maximum Gasteiger partial charge on any atom is 0.306 e. The molecule has 0 aliphatic rings. The Morgan fingerprint density at radius 1 is 0.267 bits per heavy atom. The molecule has 0 aromatic rings. The minimum absolute atomic E-state index is 0.0646. The molecule has 0 saturated carbocycles. The average molecular weight is 1060 g/mol. The molecule has 0 aliphatic heterocycles. The molecule has 75 heavy (non-hydrogen) atoms. The van der Waals surface area contributed by atoms with Gasteiger partial charge in [0, 0.05) is 19.3 Å². The number of esters is 3. The predicted octanol–water partition coefficient (Wildman–Crippen LogP) is 23.0. The highest BCUT2D eigenvalue weighted by Gasteiger charge is 2.19. The molecule has 6 heteroatoms. The number of hydrogen-bond acceptors (Lipinski definition) is 6. The standard InChI is InChI=1S/C69H130O6/c1-4-7-10-13-16-19-22-24-26-28-30-32-33-34-35-37-38-40-42-44-47-50-53-56-59-62-68(71)74-65-66(64-73-67(70)61-58-55-52-49-46-21-18-15-12-9-6-3)75-69(72)63-60-57-54-51-48-45-43-41-39-36-31-29-27-25-23-20-17-14-11-8-5-2/h22,24,28,30,66H,4-21,23,25-27,29,31-65H2,1-3H3/b24-22-,30-28-. The number of unbranched alkanes of at least 4 members (excludes halogenated alkanes) is 48. The van der Waals surface area contributed by atoms with Crippen LogP contribution in [0.3, 0.4) is 0 Å². The van der Waals surface area contributed by atoms with Crippen LogP contribution in [0.15, 0.2) is 24.3 Å². The van der Waals surface area contributed by atoms with Crippen molar-refractivity contribution in [1.82, 2.24) is 0 Å². The van der Waals surface area contributed by atoms with E-state index in [-0.39, 0.29) is 31.1 Å². The van der Waals surface area contributed by atoms with Crippen LogP contribution in [0.1, 0.15) is 380 Å². The van der Waals surface area contributed by atoms with E-state index < -0.39 is 6.10 Å². The van der Waals surface area contributed by atoms with Crippen molar-refractivity contribution in [2.24, 2.45) is 0 Å². The van der Waals surface area contributed by atoms with Gasteiger partial charge in [-0.25, -0.2) is 0 Å². The van der Waals surface area contributed by atoms with Gasteiger partial charge in [-0.15, -0.1) is 0 Å². The van der Waals surface area contributed by atoms with Crippen LogP contribution in [-0.4, -0.2) is 37.2 Å². The predicted molar refractivity (Wildman–Crippen MR) is 326 cm³/mol. The summed E-state index contributed by atoms with van der Waals surface area (Å²) in [6, 6.07) is 0. The van der Waals surface area contributed by atoms with E-state index in [4.69, 9.17) is 14.2 Å². The molecule has 1 unspecified atom stereocenters. The average Bonchev–Trinajstić information content (AvgIpc) is 3.41. The van der Waals surface area contributed by atoms with E-state index >= 15 is 0 Å². The highest BCUT2D eigenvalue weighted by Crippen LogP contribution is 2.18. The number of carbonyl (C=O) groups is 3. The molecular weight excluding hydrogens is 925 g/mol. The topological polar surface area (TPSA) is 78.9 Å². The van der Waals surface area contributed by atoms with E-state index in [1.165, 1.54) is 276 Å². The fourth-order valence-corrected chi connectivity index (χ4v) is 10.4. The van der Waals surface area contributed by atoms with E-state index in [1.54, 1.807) is 0 Å². The zero-order valence-corrected chi connectivity index (χ0v) is 50.8. The van der Waals surface area contributed by atoms with Crippen LogP contribution in [0, 0.1) is 0 Å². The summed E-state index contributed by atoms with van der Waals surface area (Å²) in [6.07, 6.45) is 77.7. The van der Waals surface area contributed by atoms with Crippen LogP contribution in [0.5, 0.6) is 0 Å². The minimum Gasteiger partial charge on any atom is -0.462 e. The lowest BCUT2D eigenvalue weighted by Crippen LogP contribution is -2.30. The SMILES string of the molecule is CCCCCCC/C=C\C/C=C\CCCCCCCCCCCCCCCC(=O)OCC(COC(=O)CCCCCCCCCCCCC)OC(=O)CCCCCCCCCCCCCCCCCCCCCCC. The van der Waals surface area contributed by atoms with Crippen molar-refractivity contribution >= 4 is 17.9 Å². The first-order valence-electron chi connectivity index (χ1n) is 33.8. The van der Waals surface area contributed by atoms with E-state index in [0.29, 0.717) is 19.3 Å². The summed E-state index contributed by atoms with van der Waals surface area (Å²) >= 11 is 0. The molecule has 0 bridgehead atoms. The Bertz CT molecular complexity index is 1210. The van der Waals surface area contributed by atoms with E-state index in [2.05, 4.69) is 45.1 Å². The van der Waals surface area contributed by atoms with Crippen LogP contribution in [0.4, 0.5) is 0 Å². The van der Waals surface area contributed by atoms with Crippen LogP contribution in [0.25, 0.3) is 0 Å². The van der Waals surface area contributed by atoms with Crippen molar-refractivity contribution in [3.63, 3.8) is 0 Å². The summed E-state index contributed by atoms with van der Waals surface area (Å²) in [5.41, 5.74) is 0. The lowest BCUT2D eigenvalue weighted by Gasteiger charge is -2.18. The Hall–Kier alpha value is -2.11. The van der Waals surface area contributed by atoms with Gasteiger partial charge in [-0.3, -0.25) is 14.4 Å². The van der Waals surface area contributed by atoms with Gasteiger partial charge >= 0.3 is 17.9 Å². The fraction of sp³-hybridized carbons (Fsp3) is 0.899. The van der Waals surface area contributed by atoms with Gasteiger partial charge in [-0.1, -0.05) is 334 Å². The summed E-state index contributed by atoms with van der Waals surface area (Å²) in [4.78, 5) is 38.3. The molecule has 0 aliphatic carbocycles. The van der Waals surface area contributed by atoms with Crippen molar-refractivity contribution in [2.75, 3.05) is 13.2 Å². The molecule has 0 fully saturated rings. The first-order valence-corrected chi connectivity index (χ1v) is 33.8. The second-order valence-electron chi connectivity index (χ2n) is 23.1. The van der Waals surface area contributed by atoms with E-state index in [0.717, 1.165) is 64.2 Å². The molecule has 0 rings (SSSR count). The molecule has 0 saturated heterocycles. The molecule has 0 aromatic heterocycles. The summed E-state index contributed by atoms with van der Waals surface area (Å²) < 4.78 is 17.0. The number of allylic oxidation sites excluding steroid dienone is 4. The third-order valence-electron chi connectivity index (χ3n) is 15.5. The second-order valence-corrected chi connectivity index (χ2v) is 23.1. The van der Waals surface area contributed by atoms with Gasteiger partial charge in [0.25, 0.3) is 0 Å². The highest BCUT2D eigenvalue weighted by atomic mass is 16.6. The Kier molecular flexibility index (Phi) is 62.6. The normalized spacial score (nSPS) is 12.1. The molecule has 6 nitrogen and oxygen atoms in total. The van der Waals surface area contributed by atoms with Gasteiger partial charge < -0.3 is 14.2 Å². The van der Waals surface area contributed by atoms with Gasteiger partial charge in [0.2, 0.25) is 0 Å². The van der Waals surface area contributed by atoms with Crippen LogP contribution in [-0.2, 0) is 28.6 Å². The summed E-state index contributed by atoms with van der Waals surface area (Å²) in [7, 11) is 0. The Morgan fingerprint density at radius 2 is 0.480 bits per heavy atom. The maximum atomic E-state index is 12.9. The zero-order chi connectivity index (χ0) is 54.3. The lowest BCUT2D eigenvalue weighted by molar-refractivity contribution is -0.167. The van der Waals surface area contributed by atoms with Crippen molar-refractivity contribution in [3.05, 3.63) is 24.3 Å². The molecule has 0 heterocycles. The third kappa shape index (κ3) is 62.6. The number of ether oxygens (including phenoxy) is 3. The van der Waals surface area contributed by atoms with Gasteiger partial charge in [-0.2, -0.15) is 0 Å². The summed E-state index contributed by atoms with van der Waals surface area (Å²) in [6.45, 7) is 6.70. The number of carbonyl (C=O) groups excluding carboxylic acids is 3. The molecule has 1 atom stereocenters. The molecule has 0 radical (unpaired) electrons. The largest absolute Gasteiger partial charge is 0.462 e. The van der Waals surface area contributed by atoms with Crippen LogP contribution in [0.2, 0.25) is 0 Å². The van der Waals surface area contributed by atoms with Crippen LogP contribution < -0.4 is 0 Å². The second kappa shape index (κ2) is 64.4. The molecule has 0 N–H and O–H groups in total. The molecule has 0 amide bonds. The summed E-state index contributed by atoms with van der Waals surface area (Å²) in [5, 5.41) is 0. The minimum atomic E-state index is -0.767. The van der Waals surface area contributed by atoms with Crippen molar-refractivity contribution in [2.45, 2.75) is 386 Å². The van der Waals surface area contributed by atoms with Gasteiger partial charge in [-0.05, 0) is 51.4 Å². The Balaban J connectivity index is 4.19. The molecule has 0 aromatic carbocycles. The van der Waals surface area contributed by atoms with Crippen molar-refractivity contribution in [3.8, 4) is 0 Å². The van der Waals surface area contributed by atoms with E-state index in [1.807, 2.05) is 0 Å². The Labute approximate surface area is 468 Å². The maximum absolute atomic E-state index is 12.9. The number of rotatable bonds is 63. The van der Waals surface area contributed by atoms with Gasteiger partial charge in [0.15, 0.2) is 6.10 Å². The van der Waals surface area contributed by atoms with Crippen LogP contribution >= 0.6 is 0 Å². The summed E-state index contributed by atoms with van der Waals surface area (Å²) in [5.74, 6) is -0.836. The molecule has 442 valence electrons. The highest BCUT2D eigenvalue weighted by molar-refractivity contribution is 5.71. The number of hydrogen-bond donors (Lipinski definition) is 0. The Morgan fingerprint density at radius 3 is 0.733 bits per heavy atom. The van der Waals surface area contributed by atoms with E-state index in [9.17, 15) is 14.4 Å². The molecular formula is C69H130O6. The van der Waals surface area contributed by atoms with Gasteiger partial charge in [0.05, 0.1) is 0 Å². The first kappa shape index (κ1) is 72.9. The zero-order valence-electron chi connectivity index (χ0n) is 50.8.